The Hall–Kier alpha value is -1.92. The first kappa shape index (κ1) is 18.9. The zero-order valence-electron chi connectivity index (χ0n) is 15.0. The highest BCUT2D eigenvalue weighted by molar-refractivity contribution is 7.88. The molecule has 1 heterocycles. The second-order valence-corrected chi connectivity index (χ2v) is 8.51. The lowest BCUT2D eigenvalue weighted by Gasteiger charge is -2.41. The first-order valence-corrected chi connectivity index (χ1v) is 10.5. The minimum absolute atomic E-state index is 0.164. The van der Waals surface area contributed by atoms with Crippen molar-refractivity contribution in [2.24, 2.45) is 0 Å². The Morgan fingerprint density at radius 1 is 1.12 bits per heavy atom. The molecule has 4 nitrogen and oxygen atoms in total. The van der Waals surface area contributed by atoms with Gasteiger partial charge in [-0.15, -0.1) is 0 Å². The molecule has 140 valence electrons. The van der Waals surface area contributed by atoms with E-state index in [4.69, 9.17) is 4.74 Å². The Kier molecular flexibility index (Phi) is 5.34. The summed E-state index contributed by atoms with van der Waals surface area (Å²) in [4.78, 5) is 0. The molecule has 1 unspecified atom stereocenters. The number of ether oxygens (including phenoxy) is 1. The lowest BCUT2D eigenvalue weighted by molar-refractivity contribution is 0.0260. The van der Waals surface area contributed by atoms with E-state index in [1.54, 1.807) is 12.1 Å². The number of hydrogen-bond acceptors (Lipinski definition) is 3. The van der Waals surface area contributed by atoms with E-state index in [0.29, 0.717) is 12.2 Å². The van der Waals surface area contributed by atoms with E-state index in [1.165, 1.54) is 12.1 Å². The Morgan fingerprint density at radius 2 is 1.77 bits per heavy atom. The van der Waals surface area contributed by atoms with Crippen LogP contribution in [0.5, 0.6) is 5.75 Å². The SMILES string of the molecule is CCC1(CC)CC(NS(=O)(=O)Cc2ccccc2F)c2ccccc2O1. The third kappa shape index (κ3) is 3.91. The summed E-state index contributed by atoms with van der Waals surface area (Å²) in [6.07, 6.45) is 2.11. The van der Waals surface area contributed by atoms with Crippen molar-refractivity contribution in [1.29, 1.82) is 0 Å². The molecule has 2 aromatic rings. The van der Waals surface area contributed by atoms with E-state index in [1.807, 2.05) is 38.1 Å². The molecule has 3 rings (SSSR count). The zero-order chi connectivity index (χ0) is 18.8. The largest absolute Gasteiger partial charge is 0.487 e. The average Bonchev–Trinajstić information content (AvgIpc) is 2.63. The molecule has 0 bridgehead atoms. The number of halogens is 1. The lowest BCUT2D eigenvalue weighted by Crippen LogP contribution is -2.44. The molecule has 0 saturated carbocycles. The van der Waals surface area contributed by atoms with Crippen molar-refractivity contribution < 1.29 is 17.5 Å². The molecule has 1 N–H and O–H groups in total. The third-order valence-electron chi connectivity index (χ3n) is 5.11. The van der Waals surface area contributed by atoms with Gasteiger partial charge in [0.2, 0.25) is 10.0 Å². The summed E-state index contributed by atoms with van der Waals surface area (Å²) in [5.74, 6) is -0.187. The van der Waals surface area contributed by atoms with Gasteiger partial charge in [-0.1, -0.05) is 50.2 Å². The maximum atomic E-state index is 13.9. The van der Waals surface area contributed by atoms with Crippen LogP contribution in [0.4, 0.5) is 4.39 Å². The van der Waals surface area contributed by atoms with Crippen molar-refractivity contribution in [2.75, 3.05) is 0 Å². The number of rotatable bonds is 6. The quantitative estimate of drug-likeness (QED) is 0.815. The minimum Gasteiger partial charge on any atom is -0.487 e. The van der Waals surface area contributed by atoms with Crippen LogP contribution in [0.2, 0.25) is 0 Å². The molecule has 26 heavy (non-hydrogen) atoms. The molecule has 1 aliphatic rings. The van der Waals surface area contributed by atoms with Gasteiger partial charge in [-0.05, 0) is 25.0 Å². The summed E-state index contributed by atoms with van der Waals surface area (Å²) in [5.41, 5.74) is 0.583. The first-order chi connectivity index (χ1) is 12.4. The number of hydrogen-bond donors (Lipinski definition) is 1. The third-order valence-corrected chi connectivity index (χ3v) is 6.45. The summed E-state index contributed by atoms with van der Waals surface area (Å²) in [6.45, 7) is 4.09. The van der Waals surface area contributed by atoms with Gasteiger partial charge in [-0.2, -0.15) is 0 Å². The highest BCUT2D eigenvalue weighted by Crippen LogP contribution is 2.42. The predicted octanol–water partition coefficient (Wildman–Crippen LogP) is 4.33. The molecule has 1 aliphatic heterocycles. The van der Waals surface area contributed by atoms with Crippen LogP contribution in [0.1, 0.15) is 50.3 Å². The van der Waals surface area contributed by atoms with Gasteiger partial charge >= 0.3 is 0 Å². The topological polar surface area (TPSA) is 55.4 Å². The highest BCUT2D eigenvalue weighted by atomic mass is 32.2. The summed E-state index contributed by atoms with van der Waals surface area (Å²) in [7, 11) is -3.71. The number of sulfonamides is 1. The van der Waals surface area contributed by atoms with Gasteiger partial charge in [0, 0.05) is 17.5 Å². The van der Waals surface area contributed by atoms with Crippen molar-refractivity contribution >= 4 is 10.0 Å². The van der Waals surface area contributed by atoms with Crippen LogP contribution in [0.15, 0.2) is 48.5 Å². The summed E-state index contributed by atoms with van der Waals surface area (Å²) in [5, 5.41) is 0. The van der Waals surface area contributed by atoms with Gasteiger partial charge in [0.1, 0.15) is 17.2 Å². The molecule has 1 atom stereocenters. The number of nitrogens with one attached hydrogen (secondary N) is 1. The lowest BCUT2D eigenvalue weighted by atomic mass is 9.84. The van der Waals surface area contributed by atoms with Crippen LogP contribution >= 0.6 is 0 Å². The van der Waals surface area contributed by atoms with E-state index in [2.05, 4.69) is 4.72 Å². The van der Waals surface area contributed by atoms with E-state index >= 15 is 0 Å². The number of benzene rings is 2. The van der Waals surface area contributed by atoms with Crippen LogP contribution < -0.4 is 9.46 Å². The van der Waals surface area contributed by atoms with E-state index < -0.39 is 27.5 Å². The molecular weight excluding hydrogens is 353 g/mol. The normalized spacial score (nSPS) is 18.8. The van der Waals surface area contributed by atoms with E-state index in [-0.39, 0.29) is 11.3 Å². The number of fused-ring (bicyclic) bond motifs is 1. The van der Waals surface area contributed by atoms with Crippen LogP contribution in [-0.4, -0.2) is 14.0 Å². The second-order valence-electron chi connectivity index (χ2n) is 6.76. The fourth-order valence-electron chi connectivity index (χ4n) is 3.48. The molecule has 0 fully saturated rings. The van der Waals surface area contributed by atoms with Gasteiger partial charge in [0.25, 0.3) is 0 Å². The van der Waals surface area contributed by atoms with Gasteiger partial charge < -0.3 is 4.74 Å². The average molecular weight is 377 g/mol. The molecule has 0 spiro atoms. The first-order valence-electron chi connectivity index (χ1n) is 8.89. The minimum atomic E-state index is -3.71. The van der Waals surface area contributed by atoms with Crippen LogP contribution in [0.3, 0.4) is 0 Å². The summed E-state index contributed by atoms with van der Waals surface area (Å²) >= 11 is 0. The maximum Gasteiger partial charge on any atom is 0.216 e. The monoisotopic (exact) mass is 377 g/mol. The molecule has 2 aromatic carbocycles. The Morgan fingerprint density at radius 3 is 2.46 bits per heavy atom. The molecule has 0 saturated heterocycles. The Bertz CT molecular complexity index is 878. The second kappa shape index (κ2) is 7.37. The molecule has 0 aliphatic carbocycles. The van der Waals surface area contributed by atoms with Crippen molar-refractivity contribution in [3.05, 3.63) is 65.5 Å². The van der Waals surface area contributed by atoms with Crippen LogP contribution in [-0.2, 0) is 15.8 Å². The van der Waals surface area contributed by atoms with Crippen molar-refractivity contribution in [2.45, 2.75) is 50.5 Å². The van der Waals surface area contributed by atoms with Crippen molar-refractivity contribution in [1.82, 2.24) is 4.72 Å². The van der Waals surface area contributed by atoms with Gasteiger partial charge in [0.15, 0.2) is 0 Å². The van der Waals surface area contributed by atoms with Gasteiger partial charge in [-0.25, -0.2) is 17.5 Å². The predicted molar refractivity (Wildman–Crippen MR) is 99.9 cm³/mol. The molecule has 0 amide bonds. The summed E-state index contributed by atoms with van der Waals surface area (Å²) < 4.78 is 48.2. The molecule has 0 radical (unpaired) electrons. The Labute approximate surface area is 154 Å². The van der Waals surface area contributed by atoms with Gasteiger partial charge in [0.05, 0.1) is 11.8 Å². The van der Waals surface area contributed by atoms with Crippen molar-refractivity contribution in [3.63, 3.8) is 0 Å². The summed E-state index contributed by atoms with van der Waals surface area (Å²) in [6, 6.07) is 13.0. The molecule has 6 heteroatoms. The van der Waals surface area contributed by atoms with Gasteiger partial charge in [-0.3, -0.25) is 0 Å². The highest BCUT2D eigenvalue weighted by Gasteiger charge is 2.39. The smallest absolute Gasteiger partial charge is 0.216 e. The molecular formula is C20H24FNO3S. The standard InChI is InChI=1S/C20H24FNO3S/c1-3-20(4-2)13-18(16-10-6-8-12-19(16)25-20)22-26(23,24)14-15-9-5-7-11-17(15)21/h5-12,18,22H,3-4,13-14H2,1-2H3. The molecule has 0 aromatic heterocycles. The van der Waals surface area contributed by atoms with E-state index in [0.717, 1.165) is 18.4 Å². The van der Waals surface area contributed by atoms with Crippen molar-refractivity contribution in [3.8, 4) is 5.75 Å². The van der Waals surface area contributed by atoms with E-state index in [9.17, 15) is 12.8 Å². The fourth-order valence-corrected chi connectivity index (χ4v) is 4.86. The van der Waals surface area contributed by atoms with Crippen LogP contribution in [0.25, 0.3) is 0 Å². The maximum absolute atomic E-state index is 13.9. The number of para-hydroxylation sites is 1. The zero-order valence-corrected chi connectivity index (χ0v) is 15.9. The Balaban J connectivity index is 1.89. The van der Waals surface area contributed by atoms with Crippen LogP contribution in [0, 0.1) is 5.82 Å². The fraction of sp³-hybridized carbons (Fsp3) is 0.400.